The van der Waals surface area contributed by atoms with Crippen molar-refractivity contribution in [1.82, 2.24) is 0 Å². The highest BCUT2D eigenvalue weighted by Crippen LogP contribution is 2.30. The van der Waals surface area contributed by atoms with Gasteiger partial charge in [-0.1, -0.05) is 24.0 Å². The molecule has 0 radical (unpaired) electrons. The summed E-state index contributed by atoms with van der Waals surface area (Å²) in [6.07, 6.45) is 0.0418. The van der Waals surface area contributed by atoms with Crippen molar-refractivity contribution in [2.75, 3.05) is 7.11 Å². The van der Waals surface area contributed by atoms with E-state index in [1.807, 2.05) is 13.0 Å². The van der Waals surface area contributed by atoms with Crippen LogP contribution in [0.4, 0.5) is 0 Å². The fraction of sp³-hybridized carbons (Fsp3) is 0.300. The summed E-state index contributed by atoms with van der Waals surface area (Å²) in [6.45, 7) is 6.15. The van der Waals surface area contributed by atoms with Gasteiger partial charge in [0.15, 0.2) is 0 Å². The molecular formula is C20H20O2. The zero-order valence-corrected chi connectivity index (χ0v) is 13.4. The van der Waals surface area contributed by atoms with Gasteiger partial charge in [-0.05, 0) is 60.7 Å². The van der Waals surface area contributed by atoms with Gasteiger partial charge in [0.25, 0.3) is 0 Å². The maximum absolute atomic E-state index is 10.6. The van der Waals surface area contributed by atoms with Crippen LogP contribution in [0.3, 0.4) is 0 Å². The van der Waals surface area contributed by atoms with E-state index in [1.54, 1.807) is 7.11 Å². The Bertz CT molecular complexity index is 807. The predicted molar refractivity (Wildman–Crippen MR) is 88.3 cm³/mol. The zero-order valence-electron chi connectivity index (χ0n) is 13.4. The number of aryl methyl sites for hydroxylation is 3. The second-order valence-electron chi connectivity index (χ2n) is 5.97. The van der Waals surface area contributed by atoms with Crippen LogP contribution in [0.2, 0.25) is 0 Å². The van der Waals surface area contributed by atoms with E-state index in [0.29, 0.717) is 6.42 Å². The minimum atomic E-state index is -0.532. The van der Waals surface area contributed by atoms with Crippen LogP contribution in [0.5, 0.6) is 5.75 Å². The number of ether oxygens (including phenoxy) is 1. The first kappa shape index (κ1) is 14.7. The number of rotatable bonds is 1. The largest absolute Gasteiger partial charge is 0.496 e. The molecule has 0 saturated carbocycles. The van der Waals surface area contributed by atoms with Crippen molar-refractivity contribution >= 4 is 0 Å². The van der Waals surface area contributed by atoms with Gasteiger partial charge in [-0.25, -0.2) is 0 Å². The standard InChI is InChI=1S/C20H20O2/c1-12-7-16-6-5-15-11-20(22-4)14(3)8-17(15)10-19(21)18(16)9-13(12)2/h7-9,11,19,21H,10H2,1-4H3. The maximum Gasteiger partial charge on any atom is 0.123 e. The van der Waals surface area contributed by atoms with Crippen LogP contribution >= 0.6 is 0 Å². The van der Waals surface area contributed by atoms with E-state index in [-0.39, 0.29) is 0 Å². The van der Waals surface area contributed by atoms with Gasteiger partial charge in [0.2, 0.25) is 0 Å². The second kappa shape index (κ2) is 5.51. The minimum absolute atomic E-state index is 0.532. The topological polar surface area (TPSA) is 29.5 Å². The number of aliphatic hydroxyl groups is 1. The minimum Gasteiger partial charge on any atom is -0.496 e. The van der Waals surface area contributed by atoms with Gasteiger partial charge in [-0.15, -0.1) is 0 Å². The average Bonchev–Trinajstić information content (AvgIpc) is 2.48. The van der Waals surface area contributed by atoms with Gasteiger partial charge >= 0.3 is 0 Å². The Labute approximate surface area is 131 Å². The van der Waals surface area contributed by atoms with Gasteiger partial charge < -0.3 is 9.84 Å². The van der Waals surface area contributed by atoms with E-state index >= 15 is 0 Å². The Hall–Kier alpha value is -2.24. The number of hydrogen-bond donors (Lipinski definition) is 1. The molecule has 2 heteroatoms. The summed E-state index contributed by atoms with van der Waals surface area (Å²) < 4.78 is 5.38. The summed E-state index contributed by atoms with van der Waals surface area (Å²) in [4.78, 5) is 0. The summed E-state index contributed by atoms with van der Waals surface area (Å²) >= 11 is 0. The third-order valence-electron chi connectivity index (χ3n) is 4.39. The smallest absolute Gasteiger partial charge is 0.123 e. The fourth-order valence-corrected chi connectivity index (χ4v) is 2.93. The van der Waals surface area contributed by atoms with E-state index in [1.165, 1.54) is 11.1 Å². The molecule has 1 N–H and O–H groups in total. The zero-order chi connectivity index (χ0) is 15.9. The molecule has 1 atom stereocenters. The van der Waals surface area contributed by atoms with Crippen molar-refractivity contribution in [3.63, 3.8) is 0 Å². The Morgan fingerprint density at radius 3 is 2.36 bits per heavy atom. The average molecular weight is 292 g/mol. The summed E-state index contributed by atoms with van der Waals surface area (Å²) in [7, 11) is 1.67. The Morgan fingerprint density at radius 2 is 1.64 bits per heavy atom. The van der Waals surface area contributed by atoms with E-state index in [0.717, 1.165) is 33.6 Å². The first-order valence-corrected chi connectivity index (χ1v) is 7.48. The van der Waals surface area contributed by atoms with Crippen LogP contribution in [0.25, 0.3) is 0 Å². The highest BCUT2D eigenvalue weighted by molar-refractivity contribution is 5.57. The maximum atomic E-state index is 10.6. The molecule has 0 saturated heterocycles. The molecule has 0 fully saturated rings. The van der Waals surface area contributed by atoms with Crippen molar-refractivity contribution in [2.24, 2.45) is 0 Å². The lowest BCUT2D eigenvalue weighted by molar-refractivity contribution is 0.178. The number of fused-ring (bicyclic) bond motifs is 2. The summed E-state index contributed by atoms with van der Waals surface area (Å²) in [6, 6.07) is 8.16. The molecule has 2 nitrogen and oxygen atoms in total. The molecule has 0 spiro atoms. The Morgan fingerprint density at radius 1 is 0.955 bits per heavy atom. The summed E-state index contributed by atoms with van der Waals surface area (Å²) in [5, 5.41) is 10.6. The van der Waals surface area contributed by atoms with Crippen LogP contribution in [0.15, 0.2) is 24.3 Å². The molecule has 0 amide bonds. The third-order valence-corrected chi connectivity index (χ3v) is 4.39. The van der Waals surface area contributed by atoms with Gasteiger partial charge in [0.1, 0.15) is 5.75 Å². The van der Waals surface area contributed by atoms with Crippen molar-refractivity contribution in [1.29, 1.82) is 0 Å². The molecule has 1 aliphatic carbocycles. The monoisotopic (exact) mass is 292 g/mol. The highest BCUT2D eigenvalue weighted by atomic mass is 16.5. The molecule has 0 bridgehead atoms. The van der Waals surface area contributed by atoms with Crippen LogP contribution in [-0.2, 0) is 6.42 Å². The second-order valence-corrected chi connectivity index (χ2v) is 5.97. The molecule has 3 rings (SSSR count). The summed E-state index contributed by atoms with van der Waals surface area (Å²) in [5.74, 6) is 7.31. The number of benzene rings is 2. The van der Waals surface area contributed by atoms with Crippen LogP contribution in [0, 0.1) is 32.6 Å². The molecule has 112 valence electrons. The molecule has 0 aromatic heterocycles. The van der Waals surface area contributed by atoms with Crippen LogP contribution < -0.4 is 4.74 Å². The molecule has 22 heavy (non-hydrogen) atoms. The van der Waals surface area contributed by atoms with Crippen molar-refractivity contribution < 1.29 is 9.84 Å². The first-order chi connectivity index (χ1) is 10.5. The SMILES string of the molecule is COc1cc2c(cc1C)CC(O)c1cc(C)c(C)cc1C#C2. The first-order valence-electron chi connectivity index (χ1n) is 7.48. The molecular weight excluding hydrogens is 272 g/mol. The number of hydrogen-bond acceptors (Lipinski definition) is 2. The van der Waals surface area contributed by atoms with Gasteiger partial charge in [-0.2, -0.15) is 0 Å². The molecule has 2 aromatic rings. The Balaban J connectivity index is 2.20. The Kier molecular flexibility index (Phi) is 3.68. The molecule has 0 aliphatic heterocycles. The van der Waals surface area contributed by atoms with Crippen LogP contribution in [-0.4, -0.2) is 12.2 Å². The van der Waals surface area contributed by atoms with Crippen molar-refractivity contribution in [2.45, 2.75) is 33.3 Å². The predicted octanol–water partition coefficient (Wildman–Crippen LogP) is 3.61. The van der Waals surface area contributed by atoms with Gasteiger partial charge in [0.05, 0.1) is 13.2 Å². The number of methoxy groups -OCH3 is 1. The quantitative estimate of drug-likeness (QED) is 0.814. The fourth-order valence-electron chi connectivity index (χ4n) is 2.93. The molecule has 1 aliphatic rings. The summed E-state index contributed by atoms with van der Waals surface area (Å²) in [5.41, 5.74) is 7.30. The van der Waals surface area contributed by atoms with E-state index in [4.69, 9.17) is 4.74 Å². The van der Waals surface area contributed by atoms with Crippen molar-refractivity contribution in [3.8, 4) is 17.6 Å². The lowest BCUT2D eigenvalue weighted by atomic mass is 9.89. The molecule has 0 heterocycles. The van der Waals surface area contributed by atoms with Crippen molar-refractivity contribution in [3.05, 3.63) is 63.2 Å². The van der Waals surface area contributed by atoms with E-state index < -0.39 is 6.10 Å². The van der Waals surface area contributed by atoms with Crippen LogP contribution in [0.1, 0.15) is 45.0 Å². The third kappa shape index (κ3) is 2.49. The normalized spacial score (nSPS) is 15.8. The lowest BCUT2D eigenvalue weighted by Crippen LogP contribution is -2.09. The lowest BCUT2D eigenvalue weighted by Gasteiger charge is -2.19. The van der Waals surface area contributed by atoms with Gasteiger partial charge in [0, 0.05) is 17.5 Å². The highest BCUT2D eigenvalue weighted by Gasteiger charge is 2.18. The van der Waals surface area contributed by atoms with E-state index in [9.17, 15) is 5.11 Å². The number of aliphatic hydroxyl groups excluding tert-OH is 1. The molecule has 2 aromatic carbocycles. The molecule has 1 unspecified atom stereocenters. The van der Waals surface area contributed by atoms with Gasteiger partial charge in [-0.3, -0.25) is 0 Å². The van der Waals surface area contributed by atoms with E-state index in [2.05, 4.69) is 43.9 Å².